The molecule has 21 heavy (non-hydrogen) atoms. The van der Waals surface area contributed by atoms with Gasteiger partial charge in [0, 0.05) is 12.2 Å². The number of amides is 1. The minimum absolute atomic E-state index is 0.0585. The third-order valence-electron chi connectivity index (χ3n) is 4.65. The fourth-order valence-corrected chi connectivity index (χ4v) is 2.92. The average Bonchev–Trinajstić information content (AvgIpc) is 2.84. The molecular formula is C17H27N3O. The van der Waals surface area contributed by atoms with Crippen LogP contribution in [0.2, 0.25) is 0 Å². The number of likely N-dealkylation sites (tertiary alicyclic amines) is 1. The first-order valence-corrected chi connectivity index (χ1v) is 7.67. The maximum absolute atomic E-state index is 12.5. The molecule has 1 aromatic rings. The fraction of sp³-hybridized carbons (Fsp3) is 0.588. The number of nitrogens with zero attached hydrogens (tertiary/aromatic N) is 1. The van der Waals surface area contributed by atoms with Crippen LogP contribution in [0.5, 0.6) is 0 Å². The van der Waals surface area contributed by atoms with Gasteiger partial charge in [0.15, 0.2) is 0 Å². The zero-order valence-electron chi connectivity index (χ0n) is 13.6. The van der Waals surface area contributed by atoms with Crippen molar-refractivity contribution in [2.24, 2.45) is 11.1 Å². The number of aryl methyl sites for hydroxylation is 2. The summed E-state index contributed by atoms with van der Waals surface area (Å²) in [6.45, 7) is 10.8. The molecule has 0 bridgehead atoms. The monoisotopic (exact) mass is 289 g/mol. The molecule has 0 spiro atoms. The molecule has 1 aliphatic rings. The van der Waals surface area contributed by atoms with Gasteiger partial charge in [-0.3, -0.25) is 9.69 Å². The molecule has 1 saturated heterocycles. The Morgan fingerprint density at radius 3 is 2.76 bits per heavy atom. The number of nitrogens with one attached hydrogen (secondary N) is 1. The molecule has 1 aliphatic heterocycles. The lowest BCUT2D eigenvalue weighted by Gasteiger charge is -2.26. The molecule has 1 amide bonds. The fourth-order valence-electron chi connectivity index (χ4n) is 2.92. The first-order chi connectivity index (χ1) is 9.84. The number of rotatable bonds is 4. The van der Waals surface area contributed by atoms with Crippen LogP contribution in [0.1, 0.15) is 31.4 Å². The molecule has 0 aliphatic carbocycles. The van der Waals surface area contributed by atoms with Crippen molar-refractivity contribution in [3.8, 4) is 0 Å². The Labute approximate surface area is 127 Å². The second-order valence-electron chi connectivity index (χ2n) is 6.72. The van der Waals surface area contributed by atoms with E-state index in [1.165, 1.54) is 5.56 Å². The Hall–Kier alpha value is -1.39. The predicted molar refractivity (Wildman–Crippen MR) is 87.4 cm³/mol. The maximum Gasteiger partial charge on any atom is 0.241 e. The van der Waals surface area contributed by atoms with E-state index in [0.29, 0.717) is 6.54 Å². The smallest absolute Gasteiger partial charge is 0.241 e. The third-order valence-corrected chi connectivity index (χ3v) is 4.65. The lowest BCUT2D eigenvalue weighted by molar-refractivity contribution is -0.120. The van der Waals surface area contributed by atoms with Gasteiger partial charge in [-0.1, -0.05) is 24.6 Å². The van der Waals surface area contributed by atoms with Gasteiger partial charge in [0.2, 0.25) is 5.91 Å². The highest BCUT2D eigenvalue weighted by Gasteiger charge is 2.36. The quantitative estimate of drug-likeness (QED) is 0.894. The van der Waals surface area contributed by atoms with Crippen molar-refractivity contribution in [1.82, 2.24) is 4.90 Å². The number of nitrogens with two attached hydrogens (primary N) is 1. The number of carbonyl (C=O) groups excluding carboxylic acids is 1. The molecule has 4 nitrogen and oxygen atoms in total. The molecule has 116 valence electrons. The first kappa shape index (κ1) is 16.0. The molecule has 1 aromatic carbocycles. The van der Waals surface area contributed by atoms with E-state index in [1.54, 1.807) is 0 Å². The summed E-state index contributed by atoms with van der Waals surface area (Å²) in [5, 5.41) is 3.05. The Morgan fingerprint density at radius 2 is 2.19 bits per heavy atom. The molecule has 4 heteroatoms. The van der Waals surface area contributed by atoms with Gasteiger partial charge < -0.3 is 11.1 Å². The summed E-state index contributed by atoms with van der Waals surface area (Å²) >= 11 is 0. The molecule has 2 unspecified atom stereocenters. The highest BCUT2D eigenvalue weighted by molar-refractivity contribution is 5.95. The van der Waals surface area contributed by atoms with Gasteiger partial charge in [-0.2, -0.15) is 0 Å². The van der Waals surface area contributed by atoms with Crippen LogP contribution in [0.4, 0.5) is 5.69 Å². The molecule has 1 heterocycles. The van der Waals surface area contributed by atoms with Gasteiger partial charge in [-0.15, -0.1) is 0 Å². The van der Waals surface area contributed by atoms with Crippen molar-refractivity contribution in [3.63, 3.8) is 0 Å². The standard InChI is InChI=1S/C17H27N3O/c1-12-5-6-15(13(2)9-12)19-16(21)14(3)20-8-7-17(4,10-18)11-20/h5-6,9,14H,7-8,10-11,18H2,1-4H3,(H,19,21). The molecule has 0 saturated carbocycles. The van der Waals surface area contributed by atoms with E-state index in [-0.39, 0.29) is 17.4 Å². The van der Waals surface area contributed by atoms with Crippen LogP contribution >= 0.6 is 0 Å². The van der Waals surface area contributed by atoms with Crippen LogP contribution in [0.25, 0.3) is 0 Å². The van der Waals surface area contributed by atoms with E-state index in [1.807, 2.05) is 26.0 Å². The lowest BCUT2D eigenvalue weighted by atomic mass is 9.90. The average molecular weight is 289 g/mol. The van der Waals surface area contributed by atoms with Crippen molar-refractivity contribution in [3.05, 3.63) is 29.3 Å². The minimum Gasteiger partial charge on any atom is -0.330 e. The normalized spacial score (nSPS) is 24.0. The van der Waals surface area contributed by atoms with Gasteiger partial charge in [0.25, 0.3) is 0 Å². The number of anilines is 1. The van der Waals surface area contributed by atoms with Gasteiger partial charge in [0.05, 0.1) is 6.04 Å². The Bertz CT molecular complexity index is 529. The highest BCUT2D eigenvalue weighted by Crippen LogP contribution is 2.30. The number of benzene rings is 1. The predicted octanol–water partition coefficient (Wildman–Crippen LogP) is 2.30. The molecule has 0 radical (unpaired) electrons. The van der Waals surface area contributed by atoms with Crippen LogP contribution in [0.15, 0.2) is 18.2 Å². The lowest BCUT2D eigenvalue weighted by Crippen LogP contribution is -2.42. The molecule has 1 fully saturated rings. The molecule has 2 rings (SSSR count). The second-order valence-corrected chi connectivity index (χ2v) is 6.72. The largest absolute Gasteiger partial charge is 0.330 e. The SMILES string of the molecule is Cc1ccc(NC(=O)C(C)N2CCC(C)(CN)C2)c(C)c1. The molecule has 0 aromatic heterocycles. The Balaban J connectivity index is 2.00. The minimum atomic E-state index is -0.126. The maximum atomic E-state index is 12.5. The first-order valence-electron chi connectivity index (χ1n) is 7.67. The summed E-state index contributed by atoms with van der Waals surface area (Å²) in [6.07, 6.45) is 1.06. The van der Waals surface area contributed by atoms with Crippen LogP contribution < -0.4 is 11.1 Å². The van der Waals surface area contributed by atoms with E-state index >= 15 is 0 Å². The van der Waals surface area contributed by atoms with Crippen LogP contribution in [0.3, 0.4) is 0 Å². The van der Waals surface area contributed by atoms with E-state index in [9.17, 15) is 4.79 Å². The Kier molecular flexibility index (Phi) is 4.69. The van der Waals surface area contributed by atoms with Crippen LogP contribution in [-0.4, -0.2) is 36.5 Å². The molecule has 2 atom stereocenters. The second kappa shape index (κ2) is 6.16. The number of carbonyl (C=O) groups is 1. The van der Waals surface area contributed by atoms with Gasteiger partial charge in [-0.25, -0.2) is 0 Å². The zero-order chi connectivity index (χ0) is 15.6. The van der Waals surface area contributed by atoms with Crippen molar-refractivity contribution >= 4 is 11.6 Å². The van der Waals surface area contributed by atoms with Gasteiger partial charge >= 0.3 is 0 Å². The Morgan fingerprint density at radius 1 is 1.48 bits per heavy atom. The third kappa shape index (κ3) is 3.63. The van der Waals surface area contributed by atoms with Gasteiger partial charge in [0.1, 0.15) is 0 Å². The van der Waals surface area contributed by atoms with Crippen LogP contribution in [-0.2, 0) is 4.79 Å². The summed E-state index contributed by atoms with van der Waals surface area (Å²) in [6, 6.07) is 5.96. The highest BCUT2D eigenvalue weighted by atomic mass is 16.2. The summed E-state index contributed by atoms with van der Waals surface area (Å²) in [7, 11) is 0. The number of hydrogen-bond acceptors (Lipinski definition) is 3. The summed E-state index contributed by atoms with van der Waals surface area (Å²) in [5.74, 6) is 0.0585. The zero-order valence-corrected chi connectivity index (χ0v) is 13.6. The summed E-state index contributed by atoms with van der Waals surface area (Å²) in [4.78, 5) is 14.7. The summed E-state index contributed by atoms with van der Waals surface area (Å²) in [5.41, 5.74) is 9.19. The van der Waals surface area contributed by atoms with Crippen molar-refractivity contribution in [2.45, 2.75) is 40.2 Å². The molecule has 3 N–H and O–H groups in total. The van der Waals surface area contributed by atoms with Gasteiger partial charge in [-0.05, 0) is 57.3 Å². The van der Waals surface area contributed by atoms with E-state index in [0.717, 1.165) is 30.8 Å². The van der Waals surface area contributed by atoms with Crippen LogP contribution in [0, 0.1) is 19.3 Å². The van der Waals surface area contributed by atoms with Crippen molar-refractivity contribution < 1.29 is 4.79 Å². The summed E-state index contributed by atoms with van der Waals surface area (Å²) < 4.78 is 0. The van der Waals surface area contributed by atoms with E-state index in [4.69, 9.17) is 5.73 Å². The topological polar surface area (TPSA) is 58.4 Å². The van der Waals surface area contributed by atoms with E-state index < -0.39 is 0 Å². The number of hydrogen-bond donors (Lipinski definition) is 2. The van der Waals surface area contributed by atoms with E-state index in [2.05, 4.69) is 30.1 Å². The van der Waals surface area contributed by atoms with Crippen molar-refractivity contribution in [1.29, 1.82) is 0 Å². The molecular weight excluding hydrogens is 262 g/mol. The van der Waals surface area contributed by atoms with Crippen molar-refractivity contribution in [2.75, 3.05) is 25.0 Å².